The fourth-order valence-electron chi connectivity index (χ4n) is 2.53. The molecule has 6 heteroatoms. The van der Waals surface area contributed by atoms with E-state index in [0.717, 1.165) is 22.2 Å². The average Bonchev–Trinajstić information content (AvgIpc) is 2.90. The Bertz CT molecular complexity index is 706. The highest BCUT2D eigenvalue weighted by molar-refractivity contribution is 6.01. The smallest absolute Gasteiger partial charge is 0.267 e. The Labute approximate surface area is 129 Å². The van der Waals surface area contributed by atoms with Gasteiger partial charge < -0.3 is 20.4 Å². The summed E-state index contributed by atoms with van der Waals surface area (Å²) in [6.07, 6.45) is 0. The van der Waals surface area contributed by atoms with Crippen molar-refractivity contribution in [2.45, 2.75) is 19.8 Å². The molecule has 0 bridgehead atoms. The topological polar surface area (TPSA) is 83.2 Å². The number of ether oxygens (including phenoxy) is 1. The standard InChI is InChI=1S/C16H21N3O3/c1-9(8-18-10(2)20)14-12-7-11(22-4)5-6-13(12)19-15(14)16(21)17-3/h5-7,9,19H,8H2,1-4H3,(H,17,21)(H,18,20)/t9-/m0/s1. The monoisotopic (exact) mass is 303 g/mol. The first-order chi connectivity index (χ1) is 10.5. The molecule has 118 valence electrons. The van der Waals surface area contributed by atoms with Gasteiger partial charge in [-0.2, -0.15) is 0 Å². The summed E-state index contributed by atoms with van der Waals surface area (Å²) >= 11 is 0. The van der Waals surface area contributed by atoms with Crippen molar-refractivity contribution in [2.24, 2.45) is 0 Å². The van der Waals surface area contributed by atoms with Crippen molar-refractivity contribution in [3.05, 3.63) is 29.5 Å². The number of aromatic amines is 1. The van der Waals surface area contributed by atoms with Crippen molar-refractivity contribution >= 4 is 22.7 Å². The highest BCUT2D eigenvalue weighted by Gasteiger charge is 2.22. The molecule has 1 aromatic carbocycles. The molecule has 0 aliphatic rings. The van der Waals surface area contributed by atoms with Crippen LogP contribution in [0.1, 0.15) is 35.8 Å². The molecule has 0 aliphatic carbocycles. The van der Waals surface area contributed by atoms with E-state index >= 15 is 0 Å². The predicted octanol–water partition coefficient (Wildman–Crippen LogP) is 1.78. The van der Waals surface area contributed by atoms with Crippen LogP contribution in [0, 0.1) is 0 Å². The van der Waals surface area contributed by atoms with Crippen LogP contribution in [0.5, 0.6) is 5.75 Å². The maximum atomic E-state index is 12.1. The van der Waals surface area contributed by atoms with Crippen LogP contribution >= 0.6 is 0 Å². The lowest BCUT2D eigenvalue weighted by Crippen LogP contribution is -2.26. The summed E-state index contributed by atoms with van der Waals surface area (Å²) in [7, 11) is 3.20. The molecule has 2 rings (SSSR count). The zero-order chi connectivity index (χ0) is 16.3. The van der Waals surface area contributed by atoms with E-state index in [1.807, 2.05) is 25.1 Å². The molecule has 22 heavy (non-hydrogen) atoms. The number of methoxy groups -OCH3 is 1. The third kappa shape index (κ3) is 3.05. The largest absolute Gasteiger partial charge is 0.497 e. The van der Waals surface area contributed by atoms with Gasteiger partial charge in [0.2, 0.25) is 5.91 Å². The average molecular weight is 303 g/mol. The second-order valence-corrected chi connectivity index (χ2v) is 5.24. The van der Waals surface area contributed by atoms with E-state index in [2.05, 4.69) is 15.6 Å². The molecule has 0 saturated carbocycles. The lowest BCUT2D eigenvalue weighted by atomic mass is 9.97. The fourth-order valence-corrected chi connectivity index (χ4v) is 2.53. The van der Waals surface area contributed by atoms with Crippen molar-refractivity contribution in [2.75, 3.05) is 20.7 Å². The number of carbonyl (C=O) groups is 2. The van der Waals surface area contributed by atoms with Crippen LogP contribution in [0.15, 0.2) is 18.2 Å². The van der Waals surface area contributed by atoms with Crippen molar-refractivity contribution in [1.29, 1.82) is 0 Å². The van der Waals surface area contributed by atoms with Crippen molar-refractivity contribution < 1.29 is 14.3 Å². The fraction of sp³-hybridized carbons (Fsp3) is 0.375. The second-order valence-electron chi connectivity index (χ2n) is 5.24. The van der Waals surface area contributed by atoms with Gasteiger partial charge in [0.25, 0.3) is 5.91 Å². The zero-order valence-corrected chi connectivity index (χ0v) is 13.2. The van der Waals surface area contributed by atoms with E-state index in [1.165, 1.54) is 6.92 Å². The number of benzene rings is 1. The molecule has 1 aromatic heterocycles. The molecule has 2 amide bonds. The highest BCUT2D eigenvalue weighted by Crippen LogP contribution is 2.31. The van der Waals surface area contributed by atoms with E-state index in [0.29, 0.717) is 12.2 Å². The molecular weight excluding hydrogens is 282 g/mol. The van der Waals surface area contributed by atoms with E-state index in [1.54, 1.807) is 14.2 Å². The molecule has 0 aliphatic heterocycles. The second kappa shape index (κ2) is 6.51. The van der Waals surface area contributed by atoms with Crippen LogP contribution in [0.25, 0.3) is 10.9 Å². The number of amides is 2. The van der Waals surface area contributed by atoms with Crippen molar-refractivity contribution in [3.8, 4) is 5.75 Å². The predicted molar refractivity (Wildman–Crippen MR) is 85.3 cm³/mol. The lowest BCUT2D eigenvalue weighted by molar-refractivity contribution is -0.119. The molecular formula is C16H21N3O3. The Morgan fingerprint density at radius 2 is 2.09 bits per heavy atom. The quantitative estimate of drug-likeness (QED) is 0.787. The van der Waals surface area contributed by atoms with Gasteiger partial charge >= 0.3 is 0 Å². The molecule has 0 fully saturated rings. The summed E-state index contributed by atoms with van der Waals surface area (Å²) in [6.45, 7) is 3.92. The summed E-state index contributed by atoms with van der Waals surface area (Å²) in [5.41, 5.74) is 2.26. The third-order valence-corrected chi connectivity index (χ3v) is 3.65. The first-order valence-electron chi connectivity index (χ1n) is 7.14. The number of H-pyrrole nitrogens is 1. The summed E-state index contributed by atoms with van der Waals surface area (Å²) in [4.78, 5) is 26.4. The van der Waals surface area contributed by atoms with Gasteiger partial charge in [-0.15, -0.1) is 0 Å². The number of aromatic nitrogens is 1. The third-order valence-electron chi connectivity index (χ3n) is 3.65. The lowest BCUT2D eigenvalue weighted by Gasteiger charge is -2.14. The minimum absolute atomic E-state index is 0.0166. The summed E-state index contributed by atoms with van der Waals surface area (Å²) in [5, 5.41) is 6.36. The normalized spacial score (nSPS) is 12.0. The van der Waals surface area contributed by atoms with Crippen LogP contribution in [0.4, 0.5) is 0 Å². The number of hydrogen-bond donors (Lipinski definition) is 3. The van der Waals surface area contributed by atoms with Gasteiger partial charge in [0.05, 0.1) is 7.11 Å². The molecule has 1 atom stereocenters. The first kappa shape index (κ1) is 15.9. The number of nitrogens with one attached hydrogen (secondary N) is 3. The zero-order valence-electron chi connectivity index (χ0n) is 13.2. The molecule has 6 nitrogen and oxygen atoms in total. The molecule has 0 saturated heterocycles. The maximum Gasteiger partial charge on any atom is 0.267 e. The van der Waals surface area contributed by atoms with E-state index in [4.69, 9.17) is 4.74 Å². The van der Waals surface area contributed by atoms with Gasteiger partial charge in [0.15, 0.2) is 0 Å². The van der Waals surface area contributed by atoms with Gasteiger partial charge in [-0.25, -0.2) is 0 Å². The van der Waals surface area contributed by atoms with Crippen LogP contribution in [-0.2, 0) is 4.79 Å². The Balaban J connectivity index is 2.54. The Morgan fingerprint density at radius 3 is 2.68 bits per heavy atom. The number of carbonyl (C=O) groups excluding carboxylic acids is 2. The number of rotatable bonds is 5. The van der Waals surface area contributed by atoms with Gasteiger partial charge in [-0.05, 0) is 23.8 Å². The van der Waals surface area contributed by atoms with Crippen LogP contribution in [0.2, 0.25) is 0 Å². The molecule has 3 N–H and O–H groups in total. The summed E-state index contributed by atoms with van der Waals surface area (Å²) in [6, 6.07) is 5.63. The van der Waals surface area contributed by atoms with Crippen LogP contribution in [-0.4, -0.2) is 37.5 Å². The van der Waals surface area contributed by atoms with Gasteiger partial charge in [0, 0.05) is 37.3 Å². The Kier molecular flexibility index (Phi) is 4.70. The minimum atomic E-state index is -0.181. The van der Waals surface area contributed by atoms with Crippen LogP contribution in [0.3, 0.4) is 0 Å². The van der Waals surface area contributed by atoms with E-state index in [9.17, 15) is 9.59 Å². The summed E-state index contributed by atoms with van der Waals surface area (Å²) < 4.78 is 5.27. The molecule has 0 unspecified atom stereocenters. The maximum absolute atomic E-state index is 12.1. The van der Waals surface area contributed by atoms with Gasteiger partial charge in [0.1, 0.15) is 11.4 Å². The summed E-state index contributed by atoms with van der Waals surface area (Å²) in [5.74, 6) is 0.436. The minimum Gasteiger partial charge on any atom is -0.497 e. The Morgan fingerprint density at radius 1 is 1.36 bits per heavy atom. The Hall–Kier alpha value is -2.50. The highest BCUT2D eigenvalue weighted by atomic mass is 16.5. The van der Waals surface area contributed by atoms with Crippen molar-refractivity contribution in [1.82, 2.24) is 15.6 Å². The number of hydrogen-bond acceptors (Lipinski definition) is 3. The molecule has 1 heterocycles. The molecule has 0 spiro atoms. The molecule has 0 radical (unpaired) electrons. The molecule has 2 aromatic rings. The van der Waals surface area contributed by atoms with Crippen LogP contribution < -0.4 is 15.4 Å². The van der Waals surface area contributed by atoms with E-state index in [-0.39, 0.29) is 17.7 Å². The van der Waals surface area contributed by atoms with Crippen molar-refractivity contribution in [3.63, 3.8) is 0 Å². The van der Waals surface area contributed by atoms with E-state index < -0.39 is 0 Å². The number of fused-ring (bicyclic) bond motifs is 1. The SMILES string of the molecule is CNC(=O)c1[nH]c2ccc(OC)cc2c1[C@@H](C)CNC(C)=O. The first-order valence-corrected chi connectivity index (χ1v) is 7.14. The van der Waals surface area contributed by atoms with Gasteiger partial charge in [-0.1, -0.05) is 6.92 Å². The van der Waals surface area contributed by atoms with Gasteiger partial charge in [-0.3, -0.25) is 9.59 Å².